The molecule has 0 amide bonds. The second-order valence-corrected chi connectivity index (χ2v) is 3.46. The summed E-state index contributed by atoms with van der Waals surface area (Å²) in [7, 11) is 0. The molecular formula is C11H15F2NO4. The number of aryl methyl sites for hydroxylation is 1. The van der Waals surface area contributed by atoms with Gasteiger partial charge in [-0.05, 0) is 13.8 Å². The third kappa shape index (κ3) is 4.40. The van der Waals surface area contributed by atoms with Crippen LogP contribution in [-0.4, -0.2) is 37.2 Å². The Morgan fingerprint density at radius 2 is 2.22 bits per heavy atom. The molecule has 0 aliphatic rings. The van der Waals surface area contributed by atoms with Crippen molar-refractivity contribution in [3.8, 4) is 0 Å². The molecule has 0 aliphatic carbocycles. The largest absolute Gasteiger partial charge is 0.460 e. The molecule has 0 aromatic carbocycles. The highest BCUT2D eigenvalue weighted by Crippen LogP contribution is 2.12. The molecule has 1 heterocycles. The lowest BCUT2D eigenvalue weighted by Gasteiger charge is -2.00. The number of carbonyl (C=O) groups is 1. The Balaban J connectivity index is 2.48. The highest BCUT2D eigenvalue weighted by atomic mass is 19.3. The number of esters is 1. The number of halogens is 2. The van der Waals surface area contributed by atoms with Crippen LogP contribution in [0.2, 0.25) is 0 Å². The number of hydrogen-bond acceptors (Lipinski definition) is 5. The van der Waals surface area contributed by atoms with Crippen LogP contribution in [0.5, 0.6) is 0 Å². The Hall–Kier alpha value is -1.50. The first kappa shape index (κ1) is 14.6. The fourth-order valence-corrected chi connectivity index (χ4v) is 1.28. The summed E-state index contributed by atoms with van der Waals surface area (Å²) >= 11 is 0. The molecule has 18 heavy (non-hydrogen) atoms. The van der Waals surface area contributed by atoms with Gasteiger partial charge >= 0.3 is 5.97 Å². The second-order valence-electron chi connectivity index (χ2n) is 3.46. The summed E-state index contributed by atoms with van der Waals surface area (Å²) < 4.78 is 38.2. The van der Waals surface area contributed by atoms with Crippen LogP contribution in [0.4, 0.5) is 8.78 Å². The van der Waals surface area contributed by atoms with Crippen molar-refractivity contribution in [2.75, 3.05) is 19.8 Å². The van der Waals surface area contributed by atoms with E-state index in [1.165, 1.54) is 0 Å². The normalized spacial score (nSPS) is 10.9. The zero-order valence-electron chi connectivity index (χ0n) is 10.2. The van der Waals surface area contributed by atoms with Gasteiger partial charge in [0, 0.05) is 6.42 Å². The number of oxazole rings is 1. The molecule has 0 aliphatic heterocycles. The lowest BCUT2D eigenvalue weighted by atomic mass is 10.4. The quantitative estimate of drug-likeness (QED) is 0.556. The molecule has 0 atom stereocenters. The van der Waals surface area contributed by atoms with Gasteiger partial charge in [0.1, 0.15) is 6.61 Å². The molecule has 0 saturated carbocycles. The van der Waals surface area contributed by atoms with E-state index in [0.717, 1.165) is 0 Å². The van der Waals surface area contributed by atoms with E-state index in [9.17, 15) is 13.6 Å². The van der Waals surface area contributed by atoms with E-state index >= 15 is 0 Å². The highest BCUT2D eigenvalue weighted by Gasteiger charge is 2.18. The van der Waals surface area contributed by atoms with E-state index in [2.05, 4.69) is 9.72 Å². The Morgan fingerprint density at radius 1 is 1.50 bits per heavy atom. The van der Waals surface area contributed by atoms with Crippen LogP contribution in [0.3, 0.4) is 0 Å². The number of carbonyl (C=O) groups excluding carboxylic acids is 1. The van der Waals surface area contributed by atoms with E-state index in [-0.39, 0.29) is 31.3 Å². The minimum Gasteiger partial charge on any atom is -0.460 e. The monoisotopic (exact) mass is 263 g/mol. The lowest BCUT2D eigenvalue weighted by Crippen LogP contribution is -2.07. The van der Waals surface area contributed by atoms with E-state index in [0.29, 0.717) is 5.69 Å². The molecule has 0 N–H and O–H groups in total. The maximum Gasteiger partial charge on any atom is 0.376 e. The Labute approximate surface area is 103 Å². The van der Waals surface area contributed by atoms with Crippen molar-refractivity contribution in [3.05, 3.63) is 17.3 Å². The van der Waals surface area contributed by atoms with Gasteiger partial charge in [-0.3, -0.25) is 0 Å². The van der Waals surface area contributed by atoms with Crippen molar-refractivity contribution in [2.24, 2.45) is 0 Å². The Kier molecular flexibility index (Phi) is 5.70. The van der Waals surface area contributed by atoms with E-state index < -0.39 is 19.0 Å². The smallest absolute Gasteiger partial charge is 0.376 e. The van der Waals surface area contributed by atoms with Crippen molar-refractivity contribution < 1.29 is 27.5 Å². The highest BCUT2D eigenvalue weighted by molar-refractivity contribution is 5.87. The molecule has 5 nitrogen and oxygen atoms in total. The third-order valence-electron chi connectivity index (χ3n) is 2.01. The summed E-state index contributed by atoms with van der Waals surface area (Å²) in [6.07, 6.45) is -2.26. The van der Waals surface area contributed by atoms with Gasteiger partial charge in [0.25, 0.3) is 6.43 Å². The summed E-state index contributed by atoms with van der Waals surface area (Å²) in [6, 6.07) is 0. The van der Waals surface area contributed by atoms with Gasteiger partial charge in [-0.2, -0.15) is 0 Å². The average molecular weight is 263 g/mol. The number of alkyl halides is 2. The SMILES string of the molecule is CCOC(=O)c1oc(CCOCC(F)F)nc1C. The number of rotatable bonds is 7. The molecule has 0 spiro atoms. The van der Waals surface area contributed by atoms with Crippen LogP contribution in [0, 0.1) is 6.92 Å². The van der Waals surface area contributed by atoms with Crippen molar-refractivity contribution in [2.45, 2.75) is 26.7 Å². The first-order valence-electron chi connectivity index (χ1n) is 5.54. The summed E-state index contributed by atoms with van der Waals surface area (Å²) in [5.74, 6) is -0.271. The van der Waals surface area contributed by atoms with Gasteiger partial charge in [0.15, 0.2) is 5.89 Å². The molecule has 1 aromatic rings. The second kappa shape index (κ2) is 7.05. The zero-order chi connectivity index (χ0) is 13.5. The summed E-state index contributed by atoms with van der Waals surface area (Å²) in [6.45, 7) is 2.98. The van der Waals surface area contributed by atoms with Crippen LogP contribution < -0.4 is 0 Å². The first-order valence-corrected chi connectivity index (χ1v) is 5.54. The predicted octanol–water partition coefficient (Wildman–Crippen LogP) is 1.98. The maximum absolute atomic E-state index is 11.8. The summed E-state index contributed by atoms with van der Waals surface area (Å²) in [4.78, 5) is 15.4. The van der Waals surface area contributed by atoms with Crippen molar-refractivity contribution in [1.82, 2.24) is 4.98 Å². The summed E-state index contributed by atoms with van der Waals surface area (Å²) in [5, 5.41) is 0. The van der Waals surface area contributed by atoms with Gasteiger partial charge in [-0.25, -0.2) is 18.6 Å². The number of ether oxygens (including phenoxy) is 2. The minimum absolute atomic E-state index is 0.0423. The number of aromatic nitrogens is 1. The summed E-state index contributed by atoms with van der Waals surface area (Å²) in [5.41, 5.74) is 0.414. The van der Waals surface area contributed by atoms with Crippen molar-refractivity contribution >= 4 is 5.97 Å². The Bertz CT molecular complexity index is 392. The number of nitrogens with zero attached hydrogens (tertiary/aromatic N) is 1. The molecule has 102 valence electrons. The average Bonchev–Trinajstić information content (AvgIpc) is 2.66. The van der Waals surface area contributed by atoms with E-state index in [4.69, 9.17) is 9.15 Å². The predicted molar refractivity (Wildman–Crippen MR) is 57.7 cm³/mol. The Morgan fingerprint density at radius 3 is 2.83 bits per heavy atom. The fraction of sp³-hybridized carbons (Fsp3) is 0.636. The lowest BCUT2D eigenvalue weighted by molar-refractivity contribution is 0.0172. The molecule has 7 heteroatoms. The minimum atomic E-state index is -2.49. The third-order valence-corrected chi connectivity index (χ3v) is 2.01. The zero-order valence-corrected chi connectivity index (χ0v) is 10.2. The molecule has 0 fully saturated rings. The van der Waals surface area contributed by atoms with Gasteiger partial charge in [0.2, 0.25) is 5.76 Å². The van der Waals surface area contributed by atoms with Gasteiger partial charge in [-0.15, -0.1) is 0 Å². The van der Waals surface area contributed by atoms with Crippen LogP contribution in [0.1, 0.15) is 29.1 Å². The van der Waals surface area contributed by atoms with Crippen LogP contribution in [0.15, 0.2) is 4.42 Å². The first-order chi connectivity index (χ1) is 8.54. The van der Waals surface area contributed by atoms with Gasteiger partial charge < -0.3 is 13.9 Å². The fourth-order valence-electron chi connectivity index (χ4n) is 1.28. The van der Waals surface area contributed by atoms with Crippen LogP contribution >= 0.6 is 0 Å². The molecular weight excluding hydrogens is 248 g/mol. The topological polar surface area (TPSA) is 61.6 Å². The van der Waals surface area contributed by atoms with Gasteiger partial charge in [-0.1, -0.05) is 0 Å². The molecule has 0 bridgehead atoms. The number of hydrogen-bond donors (Lipinski definition) is 0. The molecule has 0 saturated heterocycles. The molecule has 1 rings (SSSR count). The van der Waals surface area contributed by atoms with Gasteiger partial charge in [0.05, 0.1) is 18.9 Å². The molecule has 0 radical (unpaired) electrons. The van der Waals surface area contributed by atoms with Crippen molar-refractivity contribution in [3.63, 3.8) is 0 Å². The standard InChI is InChI=1S/C11H15F2NO4/c1-3-17-11(15)10-7(2)14-9(18-10)4-5-16-6-8(12)13/h8H,3-6H2,1-2H3. The van der Waals surface area contributed by atoms with E-state index in [1.54, 1.807) is 13.8 Å². The maximum atomic E-state index is 11.8. The van der Waals surface area contributed by atoms with Crippen LogP contribution in [0.25, 0.3) is 0 Å². The van der Waals surface area contributed by atoms with E-state index in [1.807, 2.05) is 0 Å². The van der Waals surface area contributed by atoms with Crippen molar-refractivity contribution in [1.29, 1.82) is 0 Å². The molecule has 0 unspecified atom stereocenters. The molecule has 1 aromatic heterocycles. The van der Waals surface area contributed by atoms with Crippen LogP contribution in [-0.2, 0) is 15.9 Å².